The fraction of sp³-hybridized carbons (Fsp3) is 0.333. The van der Waals surface area contributed by atoms with E-state index in [0.29, 0.717) is 5.92 Å². The molecule has 1 amide bonds. The molecule has 0 unspecified atom stereocenters. The van der Waals surface area contributed by atoms with Gasteiger partial charge in [-0.15, -0.1) is 0 Å². The van der Waals surface area contributed by atoms with Crippen LogP contribution in [0.1, 0.15) is 17.9 Å². The van der Waals surface area contributed by atoms with E-state index in [-0.39, 0.29) is 11.8 Å². The van der Waals surface area contributed by atoms with Crippen molar-refractivity contribution in [1.82, 2.24) is 4.98 Å². The van der Waals surface area contributed by atoms with Crippen molar-refractivity contribution < 1.29 is 4.79 Å². The third-order valence-electron chi connectivity index (χ3n) is 2.33. The van der Waals surface area contributed by atoms with Crippen molar-refractivity contribution in [2.45, 2.75) is 12.3 Å². The van der Waals surface area contributed by atoms with Crippen molar-refractivity contribution >= 4 is 21.8 Å². The number of nitrogens with zero attached hydrogens (tertiary/aromatic N) is 1. The first-order valence-corrected chi connectivity index (χ1v) is 4.88. The number of hydrogen-bond acceptors (Lipinski definition) is 2. The van der Waals surface area contributed by atoms with Crippen LogP contribution in [0.2, 0.25) is 0 Å². The first-order chi connectivity index (χ1) is 6.18. The summed E-state index contributed by atoms with van der Waals surface area (Å²) in [7, 11) is 0. The Morgan fingerprint density at radius 1 is 1.62 bits per heavy atom. The van der Waals surface area contributed by atoms with E-state index < -0.39 is 0 Å². The summed E-state index contributed by atoms with van der Waals surface area (Å²) in [6, 6.07) is 3.86. The third kappa shape index (κ3) is 1.72. The van der Waals surface area contributed by atoms with Gasteiger partial charge in [0.1, 0.15) is 4.60 Å². The van der Waals surface area contributed by atoms with E-state index in [0.717, 1.165) is 16.6 Å². The molecule has 3 nitrogen and oxygen atoms in total. The maximum atomic E-state index is 10.8. The zero-order valence-electron chi connectivity index (χ0n) is 6.90. The molecule has 1 saturated carbocycles. The molecule has 4 heteroatoms. The van der Waals surface area contributed by atoms with Crippen LogP contribution in [-0.4, -0.2) is 10.9 Å². The van der Waals surface area contributed by atoms with Crippen LogP contribution in [0.4, 0.5) is 0 Å². The molecule has 1 aromatic heterocycles. The second-order valence-electron chi connectivity index (χ2n) is 3.27. The molecular weight excluding hydrogens is 232 g/mol. The minimum Gasteiger partial charge on any atom is -0.369 e. The van der Waals surface area contributed by atoms with Gasteiger partial charge in [-0.25, -0.2) is 4.98 Å². The van der Waals surface area contributed by atoms with E-state index >= 15 is 0 Å². The predicted molar refractivity (Wildman–Crippen MR) is 52.0 cm³/mol. The highest BCUT2D eigenvalue weighted by Gasteiger charge is 2.42. The fourth-order valence-corrected chi connectivity index (χ4v) is 1.72. The number of aromatic nitrogens is 1. The normalized spacial score (nSPS) is 25.6. The molecule has 2 N–H and O–H groups in total. The van der Waals surface area contributed by atoms with E-state index in [2.05, 4.69) is 20.9 Å². The molecule has 1 aliphatic rings. The topological polar surface area (TPSA) is 56.0 Å². The Bertz CT molecular complexity index is 336. The molecule has 0 aromatic carbocycles. The van der Waals surface area contributed by atoms with Crippen LogP contribution in [-0.2, 0) is 4.79 Å². The molecule has 0 spiro atoms. The quantitative estimate of drug-likeness (QED) is 0.796. The van der Waals surface area contributed by atoms with Crippen LogP contribution in [0.3, 0.4) is 0 Å². The monoisotopic (exact) mass is 240 g/mol. The number of nitrogens with two attached hydrogens (primary N) is 1. The average molecular weight is 241 g/mol. The summed E-state index contributed by atoms with van der Waals surface area (Å²) >= 11 is 3.26. The van der Waals surface area contributed by atoms with Crippen molar-refractivity contribution in [3.8, 4) is 0 Å². The second-order valence-corrected chi connectivity index (χ2v) is 4.08. The lowest BCUT2D eigenvalue weighted by Crippen LogP contribution is -2.13. The minimum absolute atomic E-state index is 0.0305. The molecule has 0 bridgehead atoms. The highest BCUT2D eigenvalue weighted by Crippen LogP contribution is 2.46. The molecule has 1 fully saturated rings. The number of halogens is 1. The zero-order chi connectivity index (χ0) is 9.42. The summed E-state index contributed by atoms with van der Waals surface area (Å²) in [6.45, 7) is 0. The van der Waals surface area contributed by atoms with Crippen LogP contribution in [0.5, 0.6) is 0 Å². The van der Waals surface area contributed by atoms with Crippen molar-refractivity contribution in [1.29, 1.82) is 0 Å². The van der Waals surface area contributed by atoms with Gasteiger partial charge in [0, 0.05) is 12.1 Å². The summed E-state index contributed by atoms with van der Waals surface area (Å²) < 4.78 is 0.813. The molecule has 13 heavy (non-hydrogen) atoms. The predicted octanol–water partition coefficient (Wildman–Crippen LogP) is 1.43. The second kappa shape index (κ2) is 3.10. The molecule has 0 radical (unpaired) electrons. The Balaban J connectivity index is 2.12. The Kier molecular flexibility index (Phi) is 2.07. The number of amides is 1. The molecular formula is C9H9BrN2O. The minimum atomic E-state index is -0.201. The van der Waals surface area contributed by atoms with Crippen LogP contribution in [0.25, 0.3) is 0 Å². The van der Waals surface area contributed by atoms with Gasteiger partial charge in [0.15, 0.2) is 0 Å². The van der Waals surface area contributed by atoms with Crippen LogP contribution < -0.4 is 5.73 Å². The Morgan fingerprint density at radius 2 is 2.38 bits per heavy atom. The highest BCUT2D eigenvalue weighted by molar-refractivity contribution is 9.10. The van der Waals surface area contributed by atoms with Crippen molar-refractivity contribution in [2.75, 3.05) is 0 Å². The zero-order valence-corrected chi connectivity index (χ0v) is 8.49. The molecule has 1 aliphatic carbocycles. The van der Waals surface area contributed by atoms with E-state index in [1.54, 1.807) is 6.20 Å². The number of rotatable bonds is 2. The van der Waals surface area contributed by atoms with Gasteiger partial charge in [-0.3, -0.25) is 4.79 Å². The van der Waals surface area contributed by atoms with Crippen LogP contribution >= 0.6 is 15.9 Å². The molecule has 2 rings (SSSR count). The van der Waals surface area contributed by atoms with E-state index in [1.165, 1.54) is 0 Å². The van der Waals surface area contributed by atoms with Crippen molar-refractivity contribution in [3.05, 3.63) is 28.5 Å². The molecule has 0 aliphatic heterocycles. The van der Waals surface area contributed by atoms with Gasteiger partial charge in [0.2, 0.25) is 5.91 Å². The summed E-state index contributed by atoms with van der Waals surface area (Å²) in [4.78, 5) is 14.9. The molecule has 1 aromatic rings. The smallest absolute Gasteiger partial charge is 0.221 e. The van der Waals surface area contributed by atoms with Gasteiger partial charge >= 0.3 is 0 Å². The summed E-state index contributed by atoms with van der Waals surface area (Å²) in [5, 5.41) is 0. The van der Waals surface area contributed by atoms with Crippen molar-refractivity contribution in [2.24, 2.45) is 11.7 Å². The maximum absolute atomic E-state index is 10.8. The first-order valence-electron chi connectivity index (χ1n) is 4.09. The standard InChI is InChI=1S/C9H9BrN2O/c10-8-2-1-5(4-12-8)6-3-7(6)9(11)13/h1-2,4,6-7H,3H2,(H2,11,13)/t6-,7+/m1/s1. The van der Waals surface area contributed by atoms with E-state index in [9.17, 15) is 4.79 Å². The third-order valence-corrected chi connectivity index (χ3v) is 2.80. The number of carbonyl (C=O) groups is 1. The van der Waals surface area contributed by atoms with Crippen molar-refractivity contribution in [3.63, 3.8) is 0 Å². The highest BCUT2D eigenvalue weighted by atomic mass is 79.9. The largest absolute Gasteiger partial charge is 0.369 e. The summed E-state index contributed by atoms with van der Waals surface area (Å²) in [6.07, 6.45) is 2.66. The van der Waals surface area contributed by atoms with Gasteiger partial charge in [0.25, 0.3) is 0 Å². The van der Waals surface area contributed by atoms with Gasteiger partial charge in [-0.2, -0.15) is 0 Å². The molecule has 2 atom stereocenters. The van der Waals surface area contributed by atoms with Gasteiger partial charge < -0.3 is 5.73 Å². The SMILES string of the molecule is NC(=O)[C@H]1C[C@@H]1c1ccc(Br)nc1. The molecule has 68 valence electrons. The Hall–Kier alpha value is -0.900. The van der Waals surface area contributed by atoms with Crippen LogP contribution in [0, 0.1) is 5.92 Å². The number of carbonyl (C=O) groups excluding carboxylic acids is 1. The van der Waals surface area contributed by atoms with Gasteiger partial charge in [-0.1, -0.05) is 6.07 Å². The maximum Gasteiger partial charge on any atom is 0.221 e. The molecule has 1 heterocycles. The fourth-order valence-electron chi connectivity index (χ4n) is 1.48. The van der Waals surface area contributed by atoms with E-state index in [4.69, 9.17) is 5.73 Å². The average Bonchev–Trinajstić information content (AvgIpc) is 2.85. The molecule has 0 saturated heterocycles. The number of primary amides is 1. The Labute approximate surface area is 84.5 Å². The van der Waals surface area contributed by atoms with Gasteiger partial charge in [0.05, 0.1) is 0 Å². The summed E-state index contributed by atoms with van der Waals surface area (Å²) in [5.74, 6) is 0.133. The lowest BCUT2D eigenvalue weighted by molar-refractivity contribution is -0.119. The first kappa shape index (κ1) is 8.69. The number of pyridine rings is 1. The Morgan fingerprint density at radius 3 is 2.85 bits per heavy atom. The van der Waals surface area contributed by atoms with Gasteiger partial charge in [-0.05, 0) is 39.9 Å². The summed E-state index contributed by atoms with van der Waals surface area (Å²) in [5.41, 5.74) is 6.29. The lowest BCUT2D eigenvalue weighted by atomic mass is 10.1. The number of hydrogen-bond donors (Lipinski definition) is 1. The van der Waals surface area contributed by atoms with E-state index in [1.807, 2.05) is 12.1 Å². The lowest BCUT2D eigenvalue weighted by Gasteiger charge is -1.97. The van der Waals surface area contributed by atoms with Crippen LogP contribution in [0.15, 0.2) is 22.9 Å².